The van der Waals surface area contributed by atoms with Crippen molar-refractivity contribution >= 4 is 23.5 Å². The van der Waals surface area contributed by atoms with Gasteiger partial charge >= 0.3 is 11.8 Å². The molecule has 0 fully saturated rings. The Morgan fingerprint density at radius 2 is 1.00 bits per heavy atom. The van der Waals surface area contributed by atoms with Gasteiger partial charge in [-0.05, 0) is 12.1 Å². The van der Waals surface area contributed by atoms with Crippen molar-refractivity contribution in [1.29, 1.82) is 0 Å². The molecule has 0 N–H and O–H groups in total. The molecule has 0 radical (unpaired) electrons. The number of nitrogens with zero attached hydrogens (tertiary/aromatic N) is 2. The maximum absolute atomic E-state index is 14.5. The van der Waals surface area contributed by atoms with Crippen LogP contribution in [-0.4, -0.2) is 12.2 Å². The first kappa shape index (κ1) is 17.3. The molecule has 0 atom stereocenters. The van der Waals surface area contributed by atoms with E-state index in [1.54, 1.807) is 0 Å². The molecule has 0 spiro atoms. The lowest BCUT2D eigenvalue weighted by Crippen LogP contribution is -2.35. The van der Waals surface area contributed by atoms with Crippen LogP contribution >= 0.6 is 0 Å². The Morgan fingerprint density at radius 1 is 0.667 bits per heavy atom. The highest BCUT2D eigenvalue weighted by molar-refractivity contribution is 5.59. The maximum atomic E-state index is 14.5. The zero-order valence-corrected chi connectivity index (χ0v) is 11.8. The van der Waals surface area contributed by atoms with Crippen LogP contribution in [0.1, 0.15) is 11.1 Å². The first-order chi connectivity index (χ1) is 11.4. The first-order valence-electron chi connectivity index (χ1n) is 6.46. The van der Waals surface area contributed by atoms with Crippen LogP contribution in [0.5, 0.6) is 0 Å². The number of benzene rings is 2. The maximum Gasteiger partial charge on any atom is 0.341 e. The van der Waals surface area contributed by atoms with Crippen molar-refractivity contribution in [2.45, 2.75) is 11.8 Å². The number of carbonyl (C=O) groups excluding carboxylic acids is 2. The van der Waals surface area contributed by atoms with Gasteiger partial charge in [0.05, 0.1) is 22.5 Å². The van der Waals surface area contributed by atoms with E-state index in [2.05, 4.69) is 9.98 Å². The molecule has 0 saturated carbocycles. The molecule has 4 nitrogen and oxygen atoms in total. The Morgan fingerprint density at radius 3 is 1.33 bits per heavy atom. The molecule has 0 saturated heterocycles. The highest BCUT2D eigenvalue weighted by Gasteiger charge is 2.60. The number of rotatable bonds is 5. The summed E-state index contributed by atoms with van der Waals surface area (Å²) in [4.78, 5) is 26.7. The van der Waals surface area contributed by atoms with Crippen LogP contribution in [0.4, 0.5) is 28.9 Å². The smallest absolute Gasteiger partial charge is 0.211 e. The number of hydrogen-bond acceptors (Lipinski definition) is 4. The van der Waals surface area contributed by atoms with Gasteiger partial charge in [0.2, 0.25) is 12.2 Å². The van der Waals surface area contributed by atoms with E-state index in [0.717, 1.165) is 48.6 Å². The predicted octanol–water partition coefficient (Wildman–Crippen LogP) is 4.51. The molecule has 0 aliphatic heterocycles. The summed E-state index contributed by atoms with van der Waals surface area (Å²) in [5.74, 6) is -9.45. The van der Waals surface area contributed by atoms with E-state index >= 15 is 0 Å². The molecular formula is C16H8F4N2O2. The van der Waals surface area contributed by atoms with E-state index in [0.29, 0.717) is 0 Å². The number of halogens is 4. The highest BCUT2D eigenvalue weighted by atomic mass is 19.3. The molecule has 0 aliphatic rings. The van der Waals surface area contributed by atoms with Crippen LogP contribution in [0, 0.1) is 0 Å². The zero-order chi connectivity index (χ0) is 17.8. The van der Waals surface area contributed by atoms with Gasteiger partial charge in [0.25, 0.3) is 0 Å². The van der Waals surface area contributed by atoms with Crippen molar-refractivity contribution in [3.8, 4) is 0 Å². The van der Waals surface area contributed by atoms with E-state index in [9.17, 15) is 27.2 Å². The van der Waals surface area contributed by atoms with E-state index in [4.69, 9.17) is 0 Å². The van der Waals surface area contributed by atoms with Gasteiger partial charge in [-0.15, -0.1) is 0 Å². The Labute approximate surface area is 133 Å². The van der Waals surface area contributed by atoms with Crippen LogP contribution in [-0.2, 0) is 21.4 Å². The third kappa shape index (κ3) is 2.88. The third-order valence-corrected chi connectivity index (χ3v) is 3.21. The molecule has 2 aromatic carbocycles. The second kappa shape index (κ2) is 6.58. The quantitative estimate of drug-likeness (QED) is 0.458. The first-order valence-corrected chi connectivity index (χ1v) is 6.46. The van der Waals surface area contributed by atoms with Crippen molar-refractivity contribution in [2.24, 2.45) is 9.98 Å². The SMILES string of the molecule is O=C=Nc1ccccc1C(F)(F)C(F)(F)c1ccccc1N=C=O. The van der Waals surface area contributed by atoms with Crippen LogP contribution < -0.4 is 0 Å². The standard InChI is InChI=1S/C16H8F4N2O2/c17-15(18,11-5-1-3-7-13(11)21-9-23)16(19,20)12-6-2-4-8-14(12)22-10-24/h1-8H. The lowest BCUT2D eigenvalue weighted by molar-refractivity contribution is -0.223. The Bertz CT molecular complexity index is 783. The number of para-hydroxylation sites is 2. The Hall–Kier alpha value is -3.08. The lowest BCUT2D eigenvalue weighted by Gasteiger charge is -2.28. The number of alkyl halides is 4. The van der Waals surface area contributed by atoms with Crippen LogP contribution in [0.2, 0.25) is 0 Å². The van der Waals surface area contributed by atoms with Gasteiger partial charge in [-0.25, -0.2) is 9.59 Å². The van der Waals surface area contributed by atoms with Crippen molar-refractivity contribution < 1.29 is 27.2 Å². The number of hydrogen-bond donors (Lipinski definition) is 0. The second-order valence-electron chi connectivity index (χ2n) is 4.59. The van der Waals surface area contributed by atoms with Gasteiger partial charge in [0, 0.05) is 0 Å². The molecule has 0 aromatic heterocycles. The summed E-state index contributed by atoms with van der Waals surface area (Å²) in [5.41, 5.74) is -3.56. The molecule has 122 valence electrons. The van der Waals surface area contributed by atoms with Crippen LogP contribution in [0.15, 0.2) is 58.5 Å². The van der Waals surface area contributed by atoms with Gasteiger partial charge in [-0.3, -0.25) is 0 Å². The molecule has 8 heteroatoms. The molecule has 0 bridgehead atoms. The summed E-state index contributed by atoms with van der Waals surface area (Å²) in [6, 6.07) is 8.18. The third-order valence-electron chi connectivity index (χ3n) is 3.21. The summed E-state index contributed by atoms with van der Waals surface area (Å²) in [6.45, 7) is 0. The van der Waals surface area contributed by atoms with Crippen LogP contribution in [0.3, 0.4) is 0 Å². The van der Waals surface area contributed by atoms with Gasteiger partial charge in [0.15, 0.2) is 0 Å². The molecule has 2 rings (SSSR count). The van der Waals surface area contributed by atoms with Crippen LogP contribution in [0.25, 0.3) is 0 Å². The van der Waals surface area contributed by atoms with E-state index in [1.807, 2.05) is 0 Å². The molecule has 2 aromatic rings. The lowest BCUT2D eigenvalue weighted by atomic mass is 9.94. The van der Waals surface area contributed by atoms with Gasteiger partial charge < -0.3 is 0 Å². The topological polar surface area (TPSA) is 58.9 Å². The fraction of sp³-hybridized carbons (Fsp3) is 0.125. The summed E-state index contributed by atoms with van der Waals surface area (Å²) in [5, 5.41) is 0. The zero-order valence-electron chi connectivity index (χ0n) is 11.8. The Kier molecular flexibility index (Phi) is 4.74. The van der Waals surface area contributed by atoms with Crippen molar-refractivity contribution in [3.63, 3.8) is 0 Å². The summed E-state index contributed by atoms with van der Waals surface area (Å²) >= 11 is 0. The van der Waals surface area contributed by atoms with Gasteiger partial charge in [-0.1, -0.05) is 36.4 Å². The minimum atomic E-state index is -4.72. The monoisotopic (exact) mass is 336 g/mol. The largest absolute Gasteiger partial charge is 0.341 e. The molecule has 0 heterocycles. The predicted molar refractivity (Wildman–Crippen MR) is 76.2 cm³/mol. The molecule has 24 heavy (non-hydrogen) atoms. The average Bonchev–Trinajstić information content (AvgIpc) is 2.56. The van der Waals surface area contributed by atoms with Crippen molar-refractivity contribution in [3.05, 3.63) is 59.7 Å². The van der Waals surface area contributed by atoms with Crippen molar-refractivity contribution in [2.75, 3.05) is 0 Å². The van der Waals surface area contributed by atoms with Crippen molar-refractivity contribution in [1.82, 2.24) is 0 Å². The summed E-state index contributed by atoms with van der Waals surface area (Å²) in [6.07, 6.45) is 2.09. The fourth-order valence-electron chi connectivity index (χ4n) is 2.11. The van der Waals surface area contributed by atoms with E-state index < -0.39 is 34.3 Å². The molecule has 0 amide bonds. The van der Waals surface area contributed by atoms with Gasteiger partial charge in [-0.2, -0.15) is 27.5 Å². The van der Waals surface area contributed by atoms with Gasteiger partial charge in [0.1, 0.15) is 0 Å². The second-order valence-corrected chi connectivity index (χ2v) is 4.59. The molecule has 0 unspecified atom stereocenters. The molecule has 0 aliphatic carbocycles. The minimum absolute atomic E-state index is 0.631. The highest BCUT2D eigenvalue weighted by Crippen LogP contribution is 2.53. The number of isocyanates is 2. The average molecular weight is 336 g/mol. The fourth-order valence-corrected chi connectivity index (χ4v) is 2.11. The van der Waals surface area contributed by atoms with E-state index in [1.165, 1.54) is 12.1 Å². The number of aliphatic imine (C=N–C) groups is 2. The van der Waals surface area contributed by atoms with E-state index in [-0.39, 0.29) is 0 Å². The summed E-state index contributed by atoms with van der Waals surface area (Å²) in [7, 11) is 0. The normalized spacial score (nSPS) is 11.3. The molecular weight excluding hydrogens is 328 g/mol. The Balaban J connectivity index is 2.68. The summed E-state index contributed by atoms with van der Waals surface area (Å²) < 4.78 is 58.2. The minimum Gasteiger partial charge on any atom is -0.211 e.